The van der Waals surface area contributed by atoms with Crippen molar-refractivity contribution in [2.75, 3.05) is 10.6 Å². The number of aromatic nitrogens is 3. The van der Waals surface area contributed by atoms with Gasteiger partial charge in [0.1, 0.15) is 0 Å². The highest BCUT2D eigenvalue weighted by molar-refractivity contribution is 5.60. The lowest BCUT2D eigenvalue weighted by atomic mass is 9.87. The molecule has 1 aromatic heterocycles. The van der Waals surface area contributed by atoms with Crippen LogP contribution in [0.25, 0.3) is 0 Å². The fraction of sp³-hybridized carbons (Fsp3) is 0.286. The normalized spacial score (nSPS) is 11.3. The van der Waals surface area contributed by atoms with E-state index in [1.165, 1.54) is 16.7 Å². The molecule has 26 heavy (non-hydrogen) atoms. The highest BCUT2D eigenvalue weighted by atomic mass is 15.3. The van der Waals surface area contributed by atoms with Crippen LogP contribution >= 0.6 is 0 Å². The first-order valence-electron chi connectivity index (χ1n) is 8.73. The van der Waals surface area contributed by atoms with E-state index in [9.17, 15) is 0 Å². The molecule has 0 radical (unpaired) electrons. The van der Waals surface area contributed by atoms with Crippen molar-refractivity contribution in [3.05, 3.63) is 65.4 Å². The number of hydrogen-bond donors (Lipinski definition) is 2. The first-order chi connectivity index (χ1) is 12.3. The fourth-order valence-corrected chi connectivity index (χ4v) is 2.57. The molecule has 2 N–H and O–H groups in total. The summed E-state index contributed by atoms with van der Waals surface area (Å²) in [5, 5.41) is 14.6. The zero-order valence-electron chi connectivity index (χ0n) is 16.0. The molecule has 0 aliphatic rings. The summed E-state index contributed by atoms with van der Waals surface area (Å²) >= 11 is 0. The fourth-order valence-electron chi connectivity index (χ4n) is 2.57. The van der Waals surface area contributed by atoms with Crippen molar-refractivity contribution in [2.45, 2.75) is 40.0 Å². The van der Waals surface area contributed by atoms with E-state index in [-0.39, 0.29) is 5.41 Å². The molecule has 3 aromatic rings. The van der Waals surface area contributed by atoms with Gasteiger partial charge in [-0.3, -0.25) is 0 Å². The number of aryl methyl sites for hydroxylation is 2. The van der Waals surface area contributed by atoms with Crippen LogP contribution in [0, 0.1) is 13.8 Å². The first-order valence-corrected chi connectivity index (χ1v) is 8.73. The summed E-state index contributed by atoms with van der Waals surface area (Å²) in [5.41, 5.74) is 5.82. The van der Waals surface area contributed by atoms with Crippen LogP contribution < -0.4 is 10.6 Å². The minimum atomic E-state index is 0.132. The summed E-state index contributed by atoms with van der Waals surface area (Å²) in [6.07, 6.45) is 1.61. The van der Waals surface area contributed by atoms with E-state index in [2.05, 4.69) is 84.7 Å². The number of anilines is 4. The number of nitrogens with zero attached hydrogens (tertiary/aromatic N) is 3. The number of nitrogens with one attached hydrogen (secondary N) is 2. The molecule has 1 heterocycles. The summed E-state index contributed by atoms with van der Waals surface area (Å²) in [7, 11) is 0. The minimum absolute atomic E-state index is 0.132. The third-order valence-corrected chi connectivity index (χ3v) is 4.35. The van der Waals surface area contributed by atoms with E-state index in [1.54, 1.807) is 6.20 Å². The lowest BCUT2D eigenvalue weighted by Crippen LogP contribution is -2.10. The molecular formula is C21H25N5. The molecular weight excluding hydrogens is 322 g/mol. The van der Waals surface area contributed by atoms with Gasteiger partial charge in [-0.05, 0) is 60.2 Å². The van der Waals surface area contributed by atoms with Crippen LogP contribution in [0.15, 0.2) is 48.7 Å². The summed E-state index contributed by atoms with van der Waals surface area (Å²) in [6.45, 7) is 10.8. The maximum absolute atomic E-state index is 4.49. The Labute approximate surface area is 154 Å². The summed E-state index contributed by atoms with van der Waals surface area (Å²) in [5.74, 6) is 1.11. The van der Waals surface area contributed by atoms with Gasteiger partial charge in [0.15, 0.2) is 5.82 Å². The Morgan fingerprint density at radius 3 is 2.15 bits per heavy atom. The Kier molecular flexibility index (Phi) is 4.89. The van der Waals surface area contributed by atoms with E-state index in [4.69, 9.17) is 0 Å². The third kappa shape index (κ3) is 4.36. The predicted molar refractivity (Wildman–Crippen MR) is 107 cm³/mol. The van der Waals surface area contributed by atoms with E-state index in [0.717, 1.165) is 11.4 Å². The molecule has 0 unspecified atom stereocenters. The zero-order chi connectivity index (χ0) is 18.7. The van der Waals surface area contributed by atoms with Crippen LogP contribution in [0.1, 0.15) is 37.5 Å². The van der Waals surface area contributed by atoms with Crippen LogP contribution in [-0.4, -0.2) is 15.2 Å². The molecule has 0 spiro atoms. The monoisotopic (exact) mass is 347 g/mol. The zero-order valence-corrected chi connectivity index (χ0v) is 16.0. The summed E-state index contributed by atoms with van der Waals surface area (Å²) < 4.78 is 0. The Hall–Kier alpha value is -2.95. The molecule has 0 saturated carbocycles. The first kappa shape index (κ1) is 17.9. The average molecular weight is 347 g/mol. The minimum Gasteiger partial charge on any atom is -0.339 e. The van der Waals surface area contributed by atoms with E-state index in [1.807, 2.05) is 18.2 Å². The van der Waals surface area contributed by atoms with Crippen molar-refractivity contribution in [3.63, 3.8) is 0 Å². The second-order valence-corrected chi connectivity index (χ2v) is 7.54. The van der Waals surface area contributed by atoms with Gasteiger partial charge >= 0.3 is 0 Å². The van der Waals surface area contributed by atoms with Gasteiger partial charge in [0, 0.05) is 11.4 Å². The Balaban J connectivity index is 1.73. The molecule has 0 aliphatic heterocycles. The number of benzene rings is 2. The third-order valence-electron chi connectivity index (χ3n) is 4.35. The maximum Gasteiger partial charge on any atom is 0.249 e. The van der Waals surface area contributed by atoms with Crippen molar-refractivity contribution in [3.8, 4) is 0 Å². The molecule has 0 saturated heterocycles. The molecule has 0 fully saturated rings. The highest BCUT2D eigenvalue weighted by Gasteiger charge is 2.13. The highest BCUT2D eigenvalue weighted by Crippen LogP contribution is 2.24. The van der Waals surface area contributed by atoms with Crippen LogP contribution in [0.5, 0.6) is 0 Å². The topological polar surface area (TPSA) is 62.7 Å². The second kappa shape index (κ2) is 7.12. The van der Waals surface area contributed by atoms with Crippen molar-refractivity contribution in [2.24, 2.45) is 0 Å². The van der Waals surface area contributed by atoms with Gasteiger partial charge in [-0.1, -0.05) is 39.0 Å². The SMILES string of the molecule is Cc1ccc(Nc2cnnc(Nc3ccc(C(C)(C)C)cc3)n2)cc1C. The molecule has 2 aromatic carbocycles. The van der Waals surface area contributed by atoms with Crippen LogP contribution in [-0.2, 0) is 5.41 Å². The van der Waals surface area contributed by atoms with Gasteiger partial charge in [0.2, 0.25) is 5.95 Å². The number of hydrogen-bond acceptors (Lipinski definition) is 5. The van der Waals surface area contributed by atoms with Crippen LogP contribution in [0.4, 0.5) is 23.1 Å². The summed E-state index contributed by atoms with van der Waals surface area (Å²) in [4.78, 5) is 4.49. The maximum atomic E-state index is 4.49. The van der Waals surface area contributed by atoms with Crippen LogP contribution in [0.2, 0.25) is 0 Å². The van der Waals surface area contributed by atoms with Gasteiger partial charge in [-0.25, -0.2) is 0 Å². The van der Waals surface area contributed by atoms with Crippen molar-refractivity contribution >= 4 is 23.1 Å². The van der Waals surface area contributed by atoms with Gasteiger partial charge < -0.3 is 10.6 Å². The van der Waals surface area contributed by atoms with Gasteiger partial charge in [-0.15, -0.1) is 5.10 Å². The van der Waals surface area contributed by atoms with E-state index < -0.39 is 0 Å². The van der Waals surface area contributed by atoms with Crippen LogP contribution in [0.3, 0.4) is 0 Å². The van der Waals surface area contributed by atoms with Crippen molar-refractivity contribution in [1.29, 1.82) is 0 Å². The van der Waals surface area contributed by atoms with Gasteiger partial charge in [0.05, 0.1) is 6.20 Å². The lowest BCUT2D eigenvalue weighted by molar-refractivity contribution is 0.590. The average Bonchev–Trinajstić information content (AvgIpc) is 2.58. The molecule has 0 aliphatic carbocycles. The molecule has 3 rings (SSSR count). The van der Waals surface area contributed by atoms with Gasteiger partial charge in [-0.2, -0.15) is 10.1 Å². The molecule has 0 bridgehead atoms. The van der Waals surface area contributed by atoms with Crippen molar-refractivity contribution in [1.82, 2.24) is 15.2 Å². The molecule has 5 heteroatoms. The molecule has 0 amide bonds. The Morgan fingerprint density at radius 1 is 0.808 bits per heavy atom. The molecule has 5 nitrogen and oxygen atoms in total. The smallest absolute Gasteiger partial charge is 0.249 e. The molecule has 134 valence electrons. The predicted octanol–water partition coefficient (Wildman–Crippen LogP) is 5.27. The standard InChI is InChI=1S/C21H25N5/c1-14-6-9-18(12-15(14)2)23-19-13-22-26-20(25-19)24-17-10-7-16(8-11-17)21(3,4)5/h6-13H,1-5H3,(H2,23,24,25,26). The van der Waals surface area contributed by atoms with Gasteiger partial charge in [0.25, 0.3) is 0 Å². The summed E-state index contributed by atoms with van der Waals surface area (Å²) in [6, 6.07) is 14.5. The number of rotatable bonds is 4. The largest absolute Gasteiger partial charge is 0.339 e. The lowest BCUT2D eigenvalue weighted by Gasteiger charge is -2.19. The van der Waals surface area contributed by atoms with E-state index in [0.29, 0.717) is 11.8 Å². The molecule has 0 atom stereocenters. The Morgan fingerprint density at radius 2 is 1.50 bits per heavy atom. The second-order valence-electron chi connectivity index (χ2n) is 7.54. The van der Waals surface area contributed by atoms with Crippen molar-refractivity contribution < 1.29 is 0 Å². The quantitative estimate of drug-likeness (QED) is 0.673. The Bertz CT molecular complexity index is 895. The van der Waals surface area contributed by atoms with E-state index >= 15 is 0 Å².